The van der Waals surface area contributed by atoms with Crippen LogP contribution < -0.4 is 5.32 Å². The van der Waals surface area contributed by atoms with Gasteiger partial charge < -0.3 is 5.32 Å². The molecule has 2 aromatic rings. The SMILES string of the molecule is Clc1cccc(NCc2ccc(Br)c(Cl)c2)n1. The molecule has 0 saturated carbocycles. The summed E-state index contributed by atoms with van der Waals surface area (Å²) < 4.78 is 0.892. The van der Waals surface area contributed by atoms with Crippen LogP contribution >= 0.6 is 39.1 Å². The van der Waals surface area contributed by atoms with Gasteiger partial charge in [-0.3, -0.25) is 0 Å². The van der Waals surface area contributed by atoms with Crippen LogP contribution in [-0.2, 0) is 6.54 Å². The maximum Gasteiger partial charge on any atom is 0.131 e. The van der Waals surface area contributed by atoms with E-state index in [4.69, 9.17) is 23.2 Å². The number of hydrogen-bond acceptors (Lipinski definition) is 2. The molecule has 0 aliphatic carbocycles. The molecule has 2 rings (SSSR count). The fourth-order valence-corrected chi connectivity index (χ4v) is 1.96. The molecule has 0 atom stereocenters. The van der Waals surface area contributed by atoms with E-state index < -0.39 is 0 Å². The van der Waals surface area contributed by atoms with Crippen molar-refractivity contribution in [1.82, 2.24) is 4.98 Å². The lowest BCUT2D eigenvalue weighted by atomic mass is 10.2. The molecule has 5 heteroatoms. The lowest BCUT2D eigenvalue weighted by Crippen LogP contribution is -2.01. The van der Waals surface area contributed by atoms with E-state index in [-0.39, 0.29) is 0 Å². The molecule has 0 amide bonds. The molecule has 0 aliphatic rings. The number of pyridine rings is 1. The molecule has 0 aliphatic heterocycles. The third kappa shape index (κ3) is 3.60. The zero-order chi connectivity index (χ0) is 12.3. The second kappa shape index (κ2) is 5.71. The topological polar surface area (TPSA) is 24.9 Å². The molecule has 1 aromatic heterocycles. The van der Waals surface area contributed by atoms with Crippen LogP contribution in [0, 0.1) is 0 Å². The predicted octanol–water partition coefficient (Wildman–Crippen LogP) is 4.76. The number of hydrogen-bond donors (Lipinski definition) is 1. The van der Waals surface area contributed by atoms with Crippen LogP contribution in [0.1, 0.15) is 5.56 Å². The Morgan fingerprint density at radius 3 is 2.71 bits per heavy atom. The first-order chi connectivity index (χ1) is 8.15. The summed E-state index contributed by atoms with van der Waals surface area (Å²) in [6.07, 6.45) is 0. The molecule has 0 spiro atoms. The molecule has 0 saturated heterocycles. The lowest BCUT2D eigenvalue weighted by Gasteiger charge is -2.06. The second-order valence-electron chi connectivity index (χ2n) is 3.45. The van der Waals surface area contributed by atoms with Gasteiger partial charge in [0.2, 0.25) is 0 Å². The Labute approximate surface area is 118 Å². The zero-order valence-corrected chi connectivity index (χ0v) is 11.9. The van der Waals surface area contributed by atoms with Gasteiger partial charge in [0.05, 0.1) is 5.02 Å². The van der Waals surface area contributed by atoms with Gasteiger partial charge in [-0.25, -0.2) is 4.98 Å². The van der Waals surface area contributed by atoms with Gasteiger partial charge in [-0.1, -0.05) is 35.3 Å². The number of nitrogens with one attached hydrogen (secondary N) is 1. The lowest BCUT2D eigenvalue weighted by molar-refractivity contribution is 1.11. The van der Waals surface area contributed by atoms with Crippen LogP contribution in [-0.4, -0.2) is 4.98 Å². The zero-order valence-electron chi connectivity index (χ0n) is 8.75. The molecule has 0 bridgehead atoms. The van der Waals surface area contributed by atoms with E-state index in [2.05, 4.69) is 26.2 Å². The molecular weight excluding hydrogens is 323 g/mol. The molecular formula is C12H9BrCl2N2. The highest BCUT2D eigenvalue weighted by atomic mass is 79.9. The van der Waals surface area contributed by atoms with Crippen LogP contribution in [0.4, 0.5) is 5.82 Å². The first-order valence-corrected chi connectivity index (χ1v) is 6.50. The monoisotopic (exact) mass is 330 g/mol. The summed E-state index contributed by atoms with van der Waals surface area (Å²) in [6, 6.07) is 11.3. The third-order valence-electron chi connectivity index (χ3n) is 2.17. The van der Waals surface area contributed by atoms with Gasteiger partial charge in [0.1, 0.15) is 11.0 Å². The maximum atomic E-state index is 6.01. The molecule has 2 nitrogen and oxygen atoms in total. The van der Waals surface area contributed by atoms with Crippen molar-refractivity contribution in [1.29, 1.82) is 0 Å². The first-order valence-electron chi connectivity index (χ1n) is 4.95. The minimum atomic E-state index is 0.476. The van der Waals surface area contributed by atoms with E-state index in [1.807, 2.05) is 30.3 Å². The van der Waals surface area contributed by atoms with Crippen molar-refractivity contribution in [2.45, 2.75) is 6.54 Å². The average Bonchev–Trinajstić information content (AvgIpc) is 2.31. The fourth-order valence-electron chi connectivity index (χ4n) is 1.35. The van der Waals surface area contributed by atoms with Crippen molar-refractivity contribution < 1.29 is 0 Å². The van der Waals surface area contributed by atoms with Crippen LogP contribution in [0.3, 0.4) is 0 Å². The van der Waals surface area contributed by atoms with Gasteiger partial charge in [0, 0.05) is 11.0 Å². The summed E-state index contributed by atoms with van der Waals surface area (Å²) in [5.74, 6) is 0.747. The largest absolute Gasteiger partial charge is 0.366 e. The van der Waals surface area contributed by atoms with Gasteiger partial charge >= 0.3 is 0 Å². The minimum absolute atomic E-state index is 0.476. The van der Waals surface area contributed by atoms with Gasteiger partial charge in [0.25, 0.3) is 0 Å². The normalized spacial score (nSPS) is 10.3. The van der Waals surface area contributed by atoms with Crippen molar-refractivity contribution >= 4 is 44.9 Å². The standard InChI is InChI=1S/C12H9BrCl2N2/c13-9-5-4-8(6-10(9)14)7-16-12-3-1-2-11(15)17-12/h1-6H,7H2,(H,16,17). The quantitative estimate of drug-likeness (QED) is 0.820. The first kappa shape index (κ1) is 12.7. The van der Waals surface area contributed by atoms with Gasteiger partial charge in [-0.05, 0) is 45.8 Å². The highest BCUT2D eigenvalue weighted by Gasteiger charge is 2.00. The second-order valence-corrected chi connectivity index (χ2v) is 5.10. The molecule has 1 heterocycles. The molecule has 0 radical (unpaired) electrons. The van der Waals surface area contributed by atoms with Crippen LogP contribution in [0.15, 0.2) is 40.9 Å². The van der Waals surface area contributed by atoms with Crippen LogP contribution in [0.25, 0.3) is 0 Å². The van der Waals surface area contributed by atoms with E-state index in [1.54, 1.807) is 6.07 Å². The summed E-state index contributed by atoms with van der Waals surface area (Å²) in [6.45, 7) is 0.653. The number of rotatable bonds is 3. The molecule has 0 fully saturated rings. The van der Waals surface area contributed by atoms with Gasteiger partial charge in [-0.15, -0.1) is 0 Å². The van der Waals surface area contributed by atoms with Crippen molar-refractivity contribution in [3.05, 3.63) is 56.6 Å². The maximum absolute atomic E-state index is 6.01. The van der Waals surface area contributed by atoms with E-state index >= 15 is 0 Å². The van der Waals surface area contributed by atoms with Crippen LogP contribution in [0.5, 0.6) is 0 Å². The van der Waals surface area contributed by atoms with Gasteiger partial charge in [-0.2, -0.15) is 0 Å². The summed E-state index contributed by atoms with van der Waals surface area (Å²) in [5.41, 5.74) is 1.08. The number of aromatic nitrogens is 1. The Balaban J connectivity index is 2.05. The Morgan fingerprint density at radius 1 is 1.18 bits per heavy atom. The number of benzene rings is 1. The smallest absolute Gasteiger partial charge is 0.131 e. The molecule has 17 heavy (non-hydrogen) atoms. The molecule has 0 unspecified atom stereocenters. The van der Waals surface area contributed by atoms with Crippen LogP contribution in [0.2, 0.25) is 10.2 Å². The van der Waals surface area contributed by atoms with Crippen molar-refractivity contribution in [2.75, 3.05) is 5.32 Å². The number of halogens is 3. The minimum Gasteiger partial charge on any atom is -0.366 e. The fraction of sp³-hybridized carbons (Fsp3) is 0.0833. The summed E-state index contributed by atoms with van der Waals surface area (Å²) in [4.78, 5) is 4.14. The molecule has 88 valence electrons. The Bertz CT molecular complexity index is 532. The van der Waals surface area contributed by atoms with Gasteiger partial charge in [0.15, 0.2) is 0 Å². The average molecular weight is 332 g/mol. The van der Waals surface area contributed by atoms with Crippen molar-refractivity contribution in [3.8, 4) is 0 Å². The number of anilines is 1. The Kier molecular flexibility index (Phi) is 4.26. The van der Waals surface area contributed by atoms with E-state index in [0.717, 1.165) is 15.9 Å². The summed E-state index contributed by atoms with van der Waals surface area (Å²) in [7, 11) is 0. The Hall–Kier alpha value is -0.770. The van der Waals surface area contributed by atoms with E-state index in [1.165, 1.54) is 0 Å². The molecule has 1 aromatic carbocycles. The van der Waals surface area contributed by atoms with Crippen molar-refractivity contribution in [2.24, 2.45) is 0 Å². The summed E-state index contributed by atoms with van der Waals surface area (Å²) >= 11 is 15.2. The highest BCUT2D eigenvalue weighted by molar-refractivity contribution is 9.10. The van der Waals surface area contributed by atoms with Crippen molar-refractivity contribution in [3.63, 3.8) is 0 Å². The van der Waals surface area contributed by atoms with E-state index in [9.17, 15) is 0 Å². The third-order valence-corrected chi connectivity index (χ3v) is 3.62. The summed E-state index contributed by atoms with van der Waals surface area (Å²) in [5, 5.41) is 4.35. The molecule has 1 N–H and O–H groups in total. The number of nitrogens with zero attached hydrogens (tertiary/aromatic N) is 1. The predicted molar refractivity (Wildman–Crippen MR) is 75.7 cm³/mol. The van der Waals surface area contributed by atoms with E-state index in [0.29, 0.717) is 16.7 Å². The highest BCUT2D eigenvalue weighted by Crippen LogP contribution is 2.23. The Morgan fingerprint density at radius 2 is 2.00 bits per heavy atom.